The van der Waals surface area contributed by atoms with Crippen LogP contribution in [0.15, 0.2) is 73.1 Å². The smallest absolute Gasteiger partial charge is 0.233 e. The Bertz CT molecular complexity index is 1310. The summed E-state index contributed by atoms with van der Waals surface area (Å²) in [6.45, 7) is 0.490. The number of nitrogens with zero attached hydrogens (tertiary/aromatic N) is 4. The van der Waals surface area contributed by atoms with Gasteiger partial charge in [-0.15, -0.1) is 11.8 Å². The Morgan fingerprint density at radius 2 is 1.79 bits per heavy atom. The maximum absolute atomic E-state index is 13.5. The first kappa shape index (κ1) is 22.1. The molecule has 2 aromatic carbocycles. The summed E-state index contributed by atoms with van der Waals surface area (Å²) in [7, 11) is 0. The fraction of sp³-hybridized carbons (Fsp3) is 0.160. The van der Waals surface area contributed by atoms with E-state index in [-0.39, 0.29) is 22.8 Å². The molecular formula is C25H20F2N4O2S. The van der Waals surface area contributed by atoms with Crippen molar-refractivity contribution in [3.63, 3.8) is 0 Å². The number of pyridine rings is 1. The van der Waals surface area contributed by atoms with Crippen molar-refractivity contribution in [1.29, 1.82) is 0 Å². The van der Waals surface area contributed by atoms with E-state index in [1.807, 2.05) is 23.2 Å². The Balaban J connectivity index is 1.50. The average molecular weight is 479 g/mol. The van der Waals surface area contributed by atoms with Crippen LogP contribution in [0.1, 0.15) is 16.5 Å². The van der Waals surface area contributed by atoms with E-state index in [9.17, 15) is 18.7 Å². The zero-order valence-electron chi connectivity index (χ0n) is 17.9. The van der Waals surface area contributed by atoms with E-state index in [1.54, 1.807) is 35.0 Å². The number of phenolic OH excluding ortho intramolecular Hbond substituents is 1. The number of halogens is 2. The van der Waals surface area contributed by atoms with Gasteiger partial charge < -0.3 is 10.0 Å². The minimum absolute atomic E-state index is 0.0199. The Morgan fingerprint density at radius 3 is 2.50 bits per heavy atom. The Kier molecular flexibility index (Phi) is 6.02. The van der Waals surface area contributed by atoms with E-state index in [1.165, 1.54) is 36.2 Å². The van der Waals surface area contributed by atoms with Crippen LogP contribution in [0.2, 0.25) is 0 Å². The number of rotatable bonds is 6. The number of hydrogen-bond donors (Lipinski definition) is 1. The third kappa shape index (κ3) is 4.51. The third-order valence-electron chi connectivity index (χ3n) is 5.65. The Labute approximate surface area is 198 Å². The molecule has 0 aliphatic carbocycles. The van der Waals surface area contributed by atoms with Gasteiger partial charge >= 0.3 is 0 Å². The van der Waals surface area contributed by atoms with Crippen LogP contribution in [0.3, 0.4) is 0 Å². The van der Waals surface area contributed by atoms with Gasteiger partial charge in [0.2, 0.25) is 11.9 Å². The lowest BCUT2D eigenvalue weighted by atomic mass is 10.1. The largest absolute Gasteiger partial charge is 0.508 e. The van der Waals surface area contributed by atoms with Crippen LogP contribution in [-0.2, 0) is 11.2 Å². The van der Waals surface area contributed by atoms with Crippen LogP contribution in [0, 0.1) is 11.8 Å². The van der Waals surface area contributed by atoms with Crippen LogP contribution in [0.25, 0.3) is 16.9 Å². The molecule has 1 aliphatic rings. The van der Waals surface area contributed by atoms with Gasteiger partial charge in [0.15, 0.2) is 0 Å². The number of carbonyl (C=O) groups excluding carboxylic acids is 1. The number of amides is 1. The highest BCUT2D eigenvalue weighted by atomic mass is 32.2. The lowest BCUT2D eigenvalue weighted by Gasteiger charge is -2.24. The molecule has 0 bridgehead atoms. The molecule has 0 radical (unpaired) electrons. The quantitative estimate of drug-likeness (QED) is 0.406. The highest BCUT2D eigenvalue weighted by Gasteiger charge is 2.35. The summed E-state index contributed by atoms with van der Waals surface area (Å²) in [5, 5.41) is 13.9. The summed E-state index contributed by atoms with van der Waals surface area (Å²) in [6, 6.07) is 15.7. The predicted octanol–water partition coefficient (Wildman–Crippen LogP) is 4.73. The minimum atomic E-state index is -0.593. The third-order valence-corrected chi connectivity index (χ3v) is 6.88. The van der Waals surface area contributed by atoms with Crippen molar-refractivity contribution in [1.82, 2.24) is 19.7 Å². The second kappa shape index (κ2) is 9.26. The van der Waals surface area contributed by atoms with Gasteiger partial charge in [0.1, 0.15) is 22.6 Å². The first-order valence-electron chi connectivity index (χ1n) is 10.6. The molecule has 1 atom stereocenters. The predicted molar refractivity (Wildman–Crippen MR) is 125 cm³/mol. The molecule has 1 unspecified atom stereocenters. The van der Waals surface area contributed by atoms with Crippen molar-refractivity contribution >= 4 is 17.7 Å². The van der Waals surface area contributed by atoms with E-state index < -0.39 is 5.95 Å². The van der Waals surface area contributed by atoms with Crippen molar-refractivity contribution in [2.75, 3.05) is 12.3 Å². The summed E-state index contributed by atoms with van der Waals surface area (Å²) in [4.78, 5) is 18.3. The zero-order chi connectivity index (χ0) is 23.7. The SMILES string of the molecule is O=C1CSC(c2cn(-c3ccc(F)cc3)nc2-c2ccc(F)nc2)N1CCc1ccc(O)cc1. The molecule has 0 saturated carbocycles. The molecule has 2 aromatic heterocycles. The molecule has 3 heterocycles. The molecule has 1 N–H and O–H groups in total. The maximum Gasteiger partial charge on any atom is 0.233 e. The lowest BCUT2D eigenvalue weighted by molar-refractivity contribution is -0.128. The number of hydrogen-bond acceptors (Lipinski definition) is 5. The van der Waals surface area contributed by atoms with Gasteiger partial charge in [0.25, 0.3) is 0 Å². The van der Waals surface area contributed by atoms with Gasteiger partial charge in [-0.2, -0.15) is 9.49 Å². The molecule has 6 nitrogen and oxygen atoms in total. The topological polar surface area (TPSA) is 71.2 Å². The molecule has 1 fully saturated rings. The van der Waals surface area contributed by atoms with Gasteiger partial charge in [0.05, 0.1) is 11.4 Å². The molecule has 34 heavy (non-hydrogen) atoms. The average Bonchev–Trinajstić information content (AvgIpc) is 3.43. The molecule has 0 spiro atoms. The molecular weight excluding hydrogens is 458 g/mol. The zero-order valence-corrected chi connectivity index (χ0v) is 18.8. The van der Waals surface area contributed by atoms with Crippen LogP contribution in [0.5, 0.6) is 5.75 Å². The number of phenols is 1. The number of aromatic nitrogens is 3. The van der Waals surface area contributed by atoms with Gasteiger partial charge in [-0.3, -0.25) is 4.79 Å². The molecule has 172 valence electrons. The van der Waals surface area contributed by atoms with E-state index in [2.05, 4.69) is 4.98 Å². The summed E-state index contributed by atoms with van der Waals surface area (Å²) in [5.74, 6) is -0.393. The fourth-order valence-electron chi connectivity index (χ4n) is 3.90. The molecule has 5 rings (SSSR count). The second-order valence-corrected chi connectivity index (χ2v) is 8.96. The van der Waals surface area contributed by atoms with E-state index >= 15 is 0 Å². The van der Waals surface area contributed by atoms with Gasteiger partial charge in [0, 0.05) is 30.1 Å². The van der Waals surface area contributed by atoms with Crippen molar-refractivity contribution in [3.05, 3.63) is 95.9 Å². The number of aromatic hydroxyl groups is 1. The minimum Gasteiger partial charge on any atom is -0.508 e. The summed E-state index contributed by atoms with van der Waals surface area (Å²) in [5.41, 5.74) is 3.66. The Morgan fingerprint density at radius 1 is 1.03 bits per heavy atom. The molecule has 9 heteroatoms. The molecule has 4 aromatic rings. The number of carbonyl (C=O) groups is 1. The monoisotopic (exact) mass is 478 g/mol. The van der Waals surface area contributed by atoms with Crippen LogP contribution in [0.4, 0.5) is 8.78 Å². The van der Waals surface area contributed by atoms with Crippen molar-refractivity contribution in [2.45, 2.75) is 11.8 Å². The Hall–Kier alpha value is -3.72. The van der Waals surface area contributed by atoms with E-state index in [4.69, 9.17) is 5.10 Å². The van der Waals surface area contributed by atoms with E-state index in [0.717, 1.165) is 11.1 Å². The normalized spacial score (nSPS) is 15.8. The van der Waals surface area contributed by atoms with E-state index in [0.29, 0.717) is 35.7 Å². The summed E-state index contributed by atoms with van der Waals surface area (Å²) in [6.07, 6.45) is 3.87. The fourth-order valence-corrected chi connectivity index (χ4v) is 5.12. The summed E-state index contributed by atoms with van der Waals surface area (Å²) < 4.78 is 28.5. The van der Waals surface area contributed by atoms with Crippen LogP contribution in [-0.4, -0.2) is 43.0 Å². The lowest BCUT2D eigenvalue weighted by Crippen LogP contribution is -2.30. The molecule has 1 saturated heterocycles. The van der Waals surface area contributed by atoms with Crippen molar-refractivity contribution in [2.24, 2.45) is 0 Å². The molecule has 1 aliphatic heterocycles. The number of benzene rings is 2. The maximum atomic E-state index is 13.5. The number of thioether (sulfide) groups is 1. The van der Waals surface area contributed by atoms with Crippen LogP contribution < -0.4 is 0 Å². The molecule has 1 amide bonds. The van der Waals surface area contributed by atoms with Crippen molar-refractivity contribution < 1.29 is 18.7 Å². The van der Waals surface area contributed by atoms with Gasteiger partial charge in [-0.05, 0) is 60.5 Å². The highest BCUT2D eigenvalue weighted by molar-refractivity contribution is 8.00. The second-order valence-electron chi connectivity index (χ2n) is 7.89. The first-order valence-corrected chi connectivity index (χ1v) is 11.7. The summed E-state index contributed by atoms with van der Waals surface area (Å²) >= 11 is 1.50. The van der Waals surface area contributed by atoms with Gasteiger partial charge in [-0.1, -0.05) is 12.1 Å². The standard InChI is InChI=1S/C25H20F2N4O2S/c26-18-4-6-19(7-5-18)31-14-21(24(29-31)17-3-10-22(27)28-13-17)25-30(23(33)15-34-25)12-11-16-1-8-20(32)9-2-16/h1-10,13-14,25,32H,11-12,15H2. The van der Waals surface area contributed by atoms with Crippen molar-refractivity contribution in [3.8, 4) is 22.7 Å². The highest BCUT2D eigenvalue weighted by Crippen LogP contribution is 2.42. The van der Waals surface area contributed by atoms with Gasteiger partial charge in [-0.25, -0.2) is 14.1 Å². The van der Waals surface area contributed by atoms with Crippen LogP contribution >= 0.6 is 11.8 Å². The first-order chi connectivity index (χ1) is 16.5.